The lowest BCUT2D eigenvalue weighted by Crippen LogP contribution is -2.13. The SMILES string of the molecule is O=C(O)c1csc(S(=O)(=O)Nc2cc(C(=O)O)ccc2Oc2ccccc2)c1. The Labute approximate surface area is 163 Å². The second kappa shape index (κ2) is 7.71. The average molecular weight is 419 g/mol. The predicted octanol–water partition coefficient (Wildman–Crippen LogP) is 3.74. The molecule has 10 heteroatoms. The molecule has 0 amide bonds. The summed E-state index contributed by atoms with van der Waals surface area (Å²) in [6, 6.07) is 13.3. The first-order valence-electron chi connectivity index (χ1n) is 7.71. The monoisotopic (exact) mass is 419 g/mol. The number of ether oxygens (including phenoxy) is 1. The van der Waals surface area contributed by atoms with Crippen molar-refractivity contribution in [2.75, 3.05) is 4.72 Å². The van der Waals surface area contributed by atoms with E-state index in [1.54, 1.807) is 30.3 Å². The van der Waals surface area contributed by atoms with Crippen LogP contribution in [-0.2, 0) is 10.0 Å². The van der Waals surface area contributed by atoms with Crippen molar-refractivity contribution in [3.63, 3.8) is 0 Å². The number of rotatable bonds is 7. The largest absolute Gasteiger partial charge is 0.478 e. The summed E-state index contributed by atoms with van der Waals surface area (Å²) >= 11 is 0.736. The molecule has 0 spiro atoms. The minimum absolute atomic E-state index is 0.0889. The molecule has 8 nitrogen and oxygen atoms in total. The molecule has 0 atom stereocenters. The third-order valence-corrected chi connectivity index (χ3v) is 6.33. The summed E-state index contributed by atoms with van der Waals surface area (Å²) < 4.78 is 33.0. The van der Waals surface area contributed by atoms with Crippen molar-refractivity contribution >= 4 is 39.0 Å². The third kappa shape index (κ3) is 4.30. The van der Waals surface area contributed by atoms with E-state index in [1.807, 2.05) is 0 Å². The van der Waals surface area contributed by atoms with Crippen LogP contribution in [0.5, 0.6) is 11.5 Å². The van der Waals surface area contributed by atoms with E-state index < -0.39 is 22.0 Å². The summed E-state index contributed by atoms with van der Waals surface area (Å²) in [7, 11) is -4.15. The number of hydrogen-bond acceptors (Lipinski definition) is 6. The summed E-state index contributed by atoms with van der Waals surface area (Å²) in [5.74, 6) is -1.97. The van der Waals surface area contributed by atoms with Gasteiger partial charge in [-0.05, 0) is 36.4 Å². The lowest BCUT2D eigenvalue weighted by molar-refractivity contribution is 0.0686. The summed E-state index contributed by atoms with van der Waals surface area (Å²) in [6.07, 6.45) is 0. The highest BCUT2D eigenvalue weighted by Gasteiger charge is 2.22. The molecule has 0 unspecified atom stereocenters. The summed E-state index contributed by atoms with van der Waals surface area (Å²) in [5.41, 5.74) is -0.394. The maximum atomic E-state index is 12.6. The second-order valence-electron chi connectivity index (χ2n) is 5.50. The zero-order valence-electron chi connectivity index (χ0n) is 14.0. The molecular formula is C18H13NO7S2. The second-order valence-corrected chi connectivity index (χ2v) is 8.32. The van der Waals surface area contributed by atoms with Gasteiger partial charge in [-0.3, -0.25) is 4.72 Å². The predicted molar refractivity (Wildman–Crippen MR) is 102 cm³/mol. The van der Waals surface area contributed by atoms with Crippen molar-refractivity contribution in [3.05, 3.63) is 71.1 Å². The highest BCUT2D eigenvalue weighted by Crippen LogP contribution is 2.33. The quantitative estimate of drug-likeness (QED) is 0.532. The number of para-hydroxylation sites is 1. The smallest absolute Gasteiger partial charge is 0.336 e. The molecule has 3 aromatic rings. The highest BCUT2D eigenvalue weighted by molar-refractivity contribution is 7.94. The van der Waals surface area contributed by atoms with Crippen LogP contribution in [0.2, 0.25) is 0 Å². The Kier molecular flexibility index (Phi) is 5.34. The topological polar surface area (TPSA) is 130 Å². The Bertz CT molecular complexity index is 1140. The molecule has 0 saturated carbocycles. The Hall–Kier alpha value is -3.37. The zero-order chi connectivity index (χ0) is 20.3. The van der Waals surface area contributed by atoms with E-state index in [1.165, 1.54) is 17.5 Å². The summed E-state index contributed by atoms with van der Waals surface area (Å²) in [6.45, 7) is 0. The molecule has 1 aromatic heterocycles. The van der Waals surface area contributed by atoms with Crippen LogP contribution in [0.15, 0.2) is 64.2 Å². The molecule has 28 heavy (non-hydrogen) atoms. The van der Waals surface area contributed by atoms with E-state index in [0.717, 1.165) is 23.5 Å². The first kappa shape index (κ1) is 19.4. The van der Waals surface area contributed by atoms with Crippen LogP contribution in [0.3, 0.4) is 0 Å². The number of thiophene rings is 1. The molecular weight excluding hydrogens is 406 g/mol. The van der Waals surface area contributed by atoms with Gasteiger partial charge in [-0.15, -0.1) is 11.3 Å². The van der Waals surface area contributed by atoms with Crippen molar-refractivity contribution in [2.24, 2.45) is 0 Å². The van der Waals surface area contributed by atoms with E-state index in [2.05, 4.69) is 4.72 Å². The minimum Gasteiger partial charge on any atom is -0.478 e. The van der Waals surface area contributed by atoms with Gasteiger partial charge >= 0.3 is 11.9 Å². The number of carboxylic acid groups (broad SMARTS) is 2. The molecule has 0 fully saturated rings. The summed E-state index contributed by atoms with van der Waals surface area (Å²) in [5, 5.41) is 19.4. The Morgan fingerprint density at radius 3 is 2.21 bits per heavy atom. The van der Waals surface area contributed by atoms with Gasteiger partial charge in [-0.1, -0.05) is 18.2 Å². The molecule has 0 aliphatic rings. The molecule has 0 bridgehead atoms. The fourth-order valence-electron chi connectivity index (χ4n) is 2.21. The Balaban J connectivity index is 1.99. The van der Waals surface area contributed by atoms with E-state index >= 15 is 0 Å². The fourth-order valence-corrected chi connectivity index (χ4v) is 4.43. The van der Waals surface area contributed by atoms with Crippen LogP contribution in [0.4, 0.5) is 5.69 Å². The maximum absolute atomic E-state index is 12.6. The van der Waals surface area contributed by atoms with E-state index in [9.17, 15) is 23.1 Å². The average Bonchev–Trinajstić information content (AvgIpc) is 3.15. The lowest BCUT2D eigenvalue weighted by Gasteiger charge is -2.13. The van der Waals surface area contributed by atoms with E-state index in [0.29, 0.717) is 5.75 Å². The first-order chi connectivity index (χ1) is 13.3. The van der Waals surface area contributed by atoms with E-state index in [-0.39, 0.29) is 26.8 Å². The van der Waals surface area contributed by atoms with Crippen molar-refractivity contribution in [3.8, 4) is 11.5 Å². The van der Waals surface area contributed by atoms with Gasteiger partial charge < -0.3 is 14.9 Å². The zero-order valence-corrected chi connectivity index (χ0v) is 15.7. The number of sulfonamides is 1. The van der Waals surface area contributed by atoms with Gasteiger partial charge in [-0.25, -0.2) is 18.0 Å². The van der Waals surface area contributed by atoms with Crippen LogP contribution < -0.4 is 9.46 Å². The number of carbonyl (C=O) groups is 2. The van der Waals surface area contributed by atoms with Crippen LogP contribution in [0, 0.1) is 0 Å². The number of hydrogen-bond donors (Lipinski definition) is 3. The van der Waals surface area contributed by atoms with Crippen LogP contribution in [0.1, 0.15) is 20.7 Å². The number of aromatic carboxylic acids is 2. The third-order valence-electron chi connectivity index (χ3n) is 3.53. The van der Waals surface area contributed by atoms with E-state index in [4.69, 9.17) is 9.84 Å². The first-order valence-corrected chi connectivity index (χ1v) is 10.1. The fraction of sp³-hybridized carbons (Fsp3) is 0. The normalized spacial score (nSPS) is 11.0. The number of carboxylic acids is 2. The molecule has 3 rings (SSSR count). The van der Waals surface area contributed by atoms with Crippen molar-refractivity contribution in [1.82, 2.24) is 0 Å². The van der Waals surface area contributed by atoms with Crippen LogP contribution >= 0.6 is 11.3 Å². The number of nitrogens with one attached hydrogen (secondary N) is 1. The van der Waals surface area contributed by atoms with Crippen molar-refractivity contribution in [1.29, 1.82) is 0 Å². The van der Waals surface area contributed by atoms with Crippen LogP contribution in [-0.4, -0.2) is 30.6 Å². The van der Waals surface area contributed by atoms with Gasteiger partial charge in [0.05, 0.1) is 16.8 Å². The minimum atomic E-state index is -4.15. The molecule has 0 aliphatic heterocycles. The standard InChI is InChI=1S/C18H13NO7S2/c20-17(21)11-6-7-15(26-13-4-2-1-3-5-13)14(8-11)19-28(24,25)16-9-12(10-27-16)18(22)23/h1-10,19H,(H,20,21)(H,22,23). The molecule has 1 heterocycles. The molecule has 2 aromatic carbocycles. The Morgan fingerprint density at radius 2 is 1.61 bits per heavy atom. The number of benzene rings is 2. The summed E-state index contributed by atoms with van der Waals surface area (Å²) in [4.78, 5) is 22.2. The van der Waals surface area contributed by atoms with Crippen LogP contribution in [0.25, 0.3) is 0 Å². The number of anilines is 1. The van der Waals surface area contributed by atoms with Crippen molar-refractivity contribution < 1.29 is 33.0 Å². The Morgan fingerprint density at radius 1 is 0.929 bits per heavy atom. The highest BCUT2D eigenvalue weighted by atomic mass is 32.2. The molecule has 0 saturated heterocycles. The van der Waals surface area contributed by atoms with Gasteiger partial charge in [0.2, 0.25) is 0 Å². The van der Waals surface area contributed by atoms with Gasteiger partial charge in [0, 0.05) is 5.38 Å². The molecule has 144 valence electrons. The lowest BCUT2D eigenvalue weighted by atomic mass is 10.2. The van der Waals surface area contributed by atoms with Crippen molar-refractivity contribution in [2.45, 2.75) is 4.21 Å². The maximum Gasteiger partial charge on any atom is 0.336 e. The molecule has 0 radical (unpaired) electrons. The van der Waals surface area contributed by atoms with Gasteiger partial charge in [-0.2, -0.15) is 0 Å². The van der Waals surface area contributed by atoms with Gasteiger partial charge in [0.1, 0.15) is 9.96 Å². The molecule has 0 aliphatic carbocycles. The van der Waals surface area contributed by atoms with Gasteiger partial charge in [0.25, 0.3) is 10.0 Å². The molecule has 3 N–H and O–H groups in total. The van der Waals surface area contributed by atoms with Gasteiger partial charge in [0.15, 0.2) is 5.75 Å².